The minimum atomic E-state index is -0.0785. The number of nitrogen functional groups attached to an aromatic ring is 1. The summed E-state index contributed by atoms with van der Waals surface area (Å²) in [5.41, 5.74) is 11.9. The maximum Gasteiger partial charge on any atom is 0.207 e. The highest BCUT2D eigenvalue weighted by Gasteiger charge is 2.20. The van der Waals surface area contributed by atoms with Gasteiger partial charge in [0.2, 0.25) is 5.78 Å². The van der Waals surface area contributed by atoms with Crippen LogP contribution in [0.5, 0.6) is 0 Å². The van der Waals surface area contributed by atoms with Gasteiger partial charge in [-0.3, -0.25) is 4.79 Å². The summed E-state index contributed by atoms with van der Waals surface area (Å²) in [6, 6.07) is 12.0. The number of benzene rings is 2. The molecule has 0 aliphatic rings. The highest BCUT2D eigenvalue weighted by Crippen LogP contribution is 2.31. The number of nitrogens with zero attached hydrogens (tertiary/aromatic N) is 1. The van der Waals surface area contributed by atoms with E-state index in [4.69, 9.17) is 5.73 Å². The Morgan fingerprint density at radius 3 is 2.36 bits per heavy atom. The van der Waals surface area contributed by atoms with E-state index in [2.05, 4.69) is 28.5 Å². The SMILES string of the molecule is Cc1ccc(C)c(Nc2nc(N)c(C(=O)c3cc(C)ccc3C)s2)c1. The van der Waals surface area contributed by atoms with Crippen LogP contribution in [0.15, 0.2) is 36.4 Å². The molecule has 0 fully saturated rings. The molecule has 25 heavy (non-hydrogen) atoms. The molecule has 0 atom stereocenters. The summed E-state index contributed by atoms with van der Waals surface area (Å²) in [6.45, 7) is 7.97. The van der Waals surface area contributed by atoms with Crippen molar-refractivity contribution >= 4 is 33.8 Å². The van der Waals surface area contributed by atoms with Gasteiger partial charge in [-0.2, -0.15) is 0 Å². The lowest BCUT2D eigenvalue weighted by molar-refractivity contribution is 0.104. The van der Waals surface area contributed by atoms with Gasteiger partial charge in [-0.05, 0) is 56.5 Å². The van der Waals surface area contributed by atoms with E-state index in [1.165, 1.54) is 11.3 Å². The molecule has 1 aromatic heterocycles. The summed E-state index contributed by atoms with van der Waals surface area (Å²) < 4.78 is 0. The molecule has 3 aromatic rings. The van der Waals surface area contributed by atoms with E-state index >= 15 is 0 Å². The first-order chi connectivity index (χ1) is 11.8. The van der Waals surface area contributed by atoms with Crippen molar-refractivity contribution in [3.8, 4) is 0 Å². The lowest BCUT2D eigenvalue weighted by Crippen LogP contribution is -2.05. The molecule has 0 aliphatic heterocycles. The predicted molar refractivity (Wildman–Crippen MR) is 105 cm³/mol. The van der Waals surface area contributed by atoms with Crippen molar-refractivity contribution in [2.75, 3.05) is 11.1 Å². The maximum atomic E-state index is 12.9. The van der Waals surface area contributed by atoms with Gasteiger partial charge in [-0.25, -0.2) is 4.98 Å². The molecule has 0 radical (unpaired) electrons. The van der Waals surface area contributed by atoms with Gasteiger partial charge in [0.15, 0.2) is 5.13 Å². The topological polar surface area (TPSA) is 68.0 Å². The quantitative estimate of drug-likeness (QED) is 0.654. The Kier molecular flexibility index (Phi) is 4.59. The van der Waals surface area contributed by atoms with Crippen molar-refractivity contribution in [3.05, 3.63) is 69.1 Å². The number of nitrogens with one attached hydrogen (secondary N) is 1. The molecule has 3 N–H and O–H groups in total. The first-order valence-corrected chi connectivity index (χ1v) is 8.89. The van der Waals surface area contributed by atoms with Crippen LogP contribution in [0, 0.1) is 27.7 Å². The molecule has 0 amide bonds. The van der Waals surface area contributed by atoms with Gasteiger partial charge in [0.25, 0.3) is 0 Å². The van der Waals surface area contributed by atoms with Crippen molar-refractivity contribution in [1.82, 2.24) is 4.98 Å². The molecule has 0 saturated carbocycles. The number of nitrogens with two attached hydrogens (primary N) is 1. The van der Waals surface area contributed by atoms with E-state index in [0.717, 1.165) is 27.9 Å². The normalized spacial score (nSPS) is 10.7. The number of carbonyl (C=O) groups is 1. The van der Waals surface area contributed by atoms with Crippen molar-refractivity contribution in [3.63, 3.8) is 0 Å². The van der Waals surface area contributed by atoms with Crippen molar-refractivity contribution in [2.45, 2.75) is 27.7 Å². The fraction of sp³-hybridized carbons (Fsp3) is 0.200. The highest BCUT2D eigenvalue weighted by atomic mass is 32.1. The monoisotopic (exact) mass is 351 g/mol. The van der Waals surface area contributed by atoms with Crippen LogP contribution in [0.25, 0.3) is 0 Å². The predicted octanol–water partition coefficient (Wildman–Crippen LogP) is 4.93. The smallest absolute Gasteiger partial charge is 0.207 e. The number of aryl methyl sites for hydroxylation is 4. The Morgan fingerprint density at radius 2 is 1.64 bits per heavy atom. The molecule has 5 heteroatoms. The maximum absolute atomic E-state index is 12.9. The van der Waals surface area contributed by atoms with Crippen LogP contribution in [-0.2, 0) is 0 Å². The van der Waals surface area contributed by atoms with Crippen LogP contribution in [-0.4, -0.2) is 10.8 Å². The molecule has 0 aliphatic carbocycles. The molecule has 4 nitrogen and oxygen atoms in total. The van der Waals surface area contributed by atoms with E-state index in [1.54, 1.807) is 0 Å². The van der Waals surface area contributed by atoms with E-state index in [9.17, 15) is 4.79 Å². The van der Waals surface area contributed by atoms with Gasteiger partial charge >= 0.3 is 0 Å². The second kappa shape index (κ2) is 6.69. The van der Waals surface area contributed by atoms with Gasteiger partial charge in [-0.15, -0.1) is 0 Å². The van der Waals surface area contributed by atoms with Gasteiger partial charge in [0, 0.05) is 11.3 Å². The lowest BCUT2D eigenvalue weighted by Gasteiger charge is -2.07. The number of rotatable bonds is 4. The summed E-state index contributed by atoms with van der Waals surface area (Å²) >= 11 is 1.29. The van der Waals surface area contributed by atoms with Crippen molar-refractivity contribution in [1.29, 1.82) is 0 Å². The van der Waals surface area contributed by atoms with Gasteiger partial charge in [0.05, 0.1) is 0 Å². The van der Waals surface area contributed by atoms with Crippen LogP contribution in [0.3, 0.4) is 0 Å². The molecule has 2 aromatic carbocycles. The summed E-state index contributed by atoms with van der Waals surface area (Å²) in [4.78, 5) is 17.7. The number of carbonyl (C=O) groups excluding carboxylic acids is 1. The molecule has 128 valence electrons. The van der Waals surface area contributed by atoms with Crippen molar-refractivity contribution < 1.29 is 4.79 Å². The molecular formula is C20H21N3OS. The average Bonchev–Trinajstić information content (AvgIpc) is 2.93. The number of anilines is 3. The van der Waals surface area contributed by atoms with E-state index in [1.807, 2.05) is 45.9 Å². The van der Waals surface area contributed by atoms with Gasteiger partial charge in [0.1, 0.15) is 10.7 Å². The third kappa shape index (κ3) is 3.56. The summed E-state index contributed by atoms with van der Waals surface area (Å²) in [7, 11) is 0. The zero-order valence-corrected chi connectivity index (χ0v) is 15.6. The fourth-order valence-corrected chi connectivity index (χ4v) is 3.49. The van der Waals surface area contributed by atoms with Gasteiger partial charge in [-0.1, -0.05) is 41.2 Å². The molecule has 1 heterocycles. The third-order valence-corrected chi connectivity index (χ3v) is 5.12. The first-order valence-electron chi connectivity index (χ1n) is 8.07. The van der Waals surface area contributed by atoms with Crippen LogP contribution in [0.1, 0.15) is 37.5 Å². The zero-order chi connectivity index (χ0) is 18.1. The second-order valence-corrected chi connectivity index (χ2v) is 7.32. The Balaban J connectivity index is 1.93. The van der Waals surface area contributed by atoms with E-state index in [-0.39, 0.29) is 11.6 Å². The van der Waals surface area contributed by atoms with E-state index < -0.39 is 0 Å². The zero-order valence-electron chi connectivity index (χ0n) is 14.8. The molecular weight excluding hydrogens is 330 g/mol. The first kappa shape index (κ1) is 17.2. The minimum absolute atomic E-state index is 0.0785. The lowest BCUT2D eigenvalue weighted by atomic mass is 10.0. The standard InChI is InChI=1S/C20H21N3OS/c1-11-5-7-13(3)15(9-11)17(24)18-19(21)23-20(25-18)22-16-10-12(2)6-8-14(16)4/h5-10H,21H2,1-4H3,(H,22,23). The van der Waals surface area contributed by atoms with Gasteiger partial charge < -0.3 is 11.1 Å². The van der Waals surface area contributed by atoms with Crippen LogP contribution in [0.4, 0.5) is 16.6 Å². The number of hydrogen-bond acceptors (Lipinski definition) is 5. The Labute approximate surface area is 151 Å². The highest BCUT2D eigenvalue weighted by molar-refractivity contribution is 7.18. The summed E-state index contributed by atoms with van der Waals surface area (Å²) in [5, 5.41) is 3.91. The number of ketones is 1. The molecule has 0 unspecified atom stereocenters. The van der Waals surface area contributed by atoms with E-state index in [0.29, 0.717) is 15.6 Å². The summed E-state index contributed by atoms with van der Waals surface area (Å²) in [5.74, 6) is 0.189. The number of thiazole rings is 1. The Morgan fingerprint density at radius 1 is 1.00 bits per heavy atom. The third-order valence-electron chi connectivity index (χ3n) is 4.13. The average molecular weight is 351 g/mol. The Bertz CT molecular complexity index is 960. The van der Waals surface area contributed by atoms with Crippen LogP contribution in [0.2, 0.25) is 0 Å². The summed E-state index contributed by atoms with van der Waals surface area (Å²) in [6.07, 6.45) is 0. The molecule has 3 rings (SSSR count). The largest absolute Gasteiger partial charge is 0.382 e. The number of hydrogen-bond donors (Lipinski definition) is 2. The Hall–Kier alpha value is -2.66. The fourth-order valence-electron chi connectivity index (χ4n) is 2.64. The molecule has 0 spiro atoms. The van der Waals surface area contributed by atoms with Crippen LogP contribution < -0.4 is 11.1 Å². The molecule has 0 bridgehead atoms. The van der Waals surface area contributed by atoms with Crippen LogP contribution >= 0.6 is 11.3 Å². The van der Waals surface area contributed by atoms with Crippen molar-refractivity contribution in [2.24, 2.45) is 0 Å². The second-order valence-electron chi connectivity index (χ2n) is 6.32. The number of aromatic nitrogens is 1. The minimum Gasteiger partial charge on any atom is -0.382 e. The molecule has 0 saturated heterocycles.